The summed E-state index contributed by atoms with van der Waals surface area (Å²) in [4.78, 5) is 39.8. The second-order valence-electron chi connectivity index (χ2n) is 12.6. The Morgan fingerprint density at radius 1 is 0.872 bits per heavy atom. The number of carbonyl (C=O) groups is 3. The van der Waals surface area contributed by atoms with Gasteiger partial charge in [-0.2, -0.15) is 0 Å². The van der Waals surface area contributed by atoms with E-state index in [2.05, 4.69) is 12.1 Å². The molecular weight excluding hydrogens is 594 g/mol. The number of likely N-dealkylation sites (tertiary alicyclic amines) is 1. The maximum atomic E-state index is 13.8. The molecule has 0 spiro atoms. The largest absolute Gasteiger partial charge is 0.507 e. The Bertz CT molecular complexity index is 1650. The van der Waals surface area contributed by atoms with Gasteiger partial charge in [-0.05, 0) is 78.7 Å². The average Bonchev–Trinajstić information content (AvgIpc) is 3.61. The quantitative estimate of drug-likeness (QED) is 0.0872. The van der Waals surface area contributed by atoms with Crippen LogP contribution in [0.25, 0.3) is 11.6 Å². The van der Waals surface area contributed by atoms with Crippen LogP contribution in [0.1, 0.15) is 56.1 Å². The zero-order chi connectivity index (χ0) is 32.8. The average molecular weight is 636 g/mol. The van der Waals surface area contributed by atoms with Crippen LogP contribution in [0.5, 0.6) is 11.5 Å². The first-order chi connectivity index (χ1) is 22.9. The van der Waals surface area contributed by atoms with Crippen LogP contribution in [-0.4, -0.2) is 58.8 Å². The number of unbranched alkanes of at least 4 members (excludes halogenated alkanes) is 2. The number of rotatable bonds is 14. The van der Waals surface area contributed by atoms with Crippen LogP contribution in [0.15, 0.2) is 96.1 Å². The Morgan fingerprint density at radius 3 is 2.34 bits per heavy atom. The molecule has 3 aliphatic rings. The Labute approximate surface area is 275 Å². The fourth-order valence-electron chi connectivity index (χ4n) is 7.34. The summed E-state index contributed by atoms with van der Waals surface area (Å²) in [5.74, 6) is -1.29. The molecule has 0 radical (unpaired) electrons. The number of para-hydroxylation sites is 2. The van der Waals surface area contributed by atoms with Crippen molar-refractivity contribution in [2.45, 2.75) is 51.0 Å². The number of nitrogens with zero attached hydrogens (tertiary/aromatic N) is 1. The summed E-state index contributed by atoms with van der Waals surface area (Å²) in [6, 6.07) is 27.0. The number of allylic oxidation sites excluding steroid dienone is 1. The Morgan fingerprint density at radius 2 is 1.60 bits per heavy atom. The molecule has 244 valence electrons. The minimum atomic E-state index is -0.839. The highest BCUT2D eigenvalue weighted by atomic mass is 16.5. The van der Waals surface area contributed by atoms with Crippen LogP contribution < -0.4 is 4.74 Å². The predicted molar refractivity (Wildman–Crippen MR) is 178 cm³/mol. The molecule has 6 rings (SSSR count). The number of amides is 2. The van der Waals surface area contributed by atoms with Crippen LogP contribution in [-0.2, 0) is 19.1 Å². The Balaban J connectivity index is 1.24. The molecule has 0 aromatic heterocycles. The number of carboxylic acids is 1. The van der Waals surface area contributed by atoms with Crippen LogP contribution in [0.3, 0.4) is 0 Å². The molecule has 8 heteroatoms. The van der Waals surface area contributed by atoms with Crippen molar-refractivity contribution >= 4 is 29.4 Å². The lowest BCUT2D eigenvalue weighted by molar-refractivity contribution is -0.141. The van der Waals surface area contributed by atoms with Crippen molar-refractivity contribution < 1.29 is 34.1 Å². The van der Waals surface area contributed by atoms with E-state index in [0.717, 1.165) is 33.6 Å². The first-order valence-electron chi connectivity index (χ1n) is 16.5. The number of imide groups is 1. The van der Waals surface area contributed by atoms with E-state index < -0.39 is 17.8 Å². The number of carbonyl (C=O) groups excluding carboxylic acids is 2. The van der Waals surface area contributed by atoms with Gasteiger partial charge >= 0.3 is 5.97 Å². The maximum Gasteiger partial charge on any atom is 0.303 e. The molecule has 47 heavy (non-hydrogen) atoms. The number of hydrogen-bond donors (Lipinski definition) is 2. The van der Waals surface area contributed by atoms with Crippen LogP contribution in [0.4, 0.5) is 0 Å². The number of hydrogen-bond acceptors (Lipinski definition) is 6. The molecule has 2 saturated heterocycles. The molecule has 1 aliphatic carbocycles. The van der Waals surface area contributed by atoms with Crippen LogP contribution in [0.2, 0.25) is 0 Å². The molecule has 2 heterocycles. The van der Waals surface area contributed by atoms with Gasteiger partial charge in [0.15, 0.2) is 0 Å². The Kier molecular flexibility index (Phi) is 10.2. The summed E-state index contributed by atoms with van der Waals surface area (Å²) in [5, 5.41) is 19.5. The molecule has 3 aromatic rings. The number of ether oxygens (including phenoxy) is 2. The van der Waals surface area contributed by atoms with Crippen LogP contribution in [0, 0.1) is 17.8 Å². The van der Waals surface area contributed by atoms with E-state index in [9.17, 15) is 19.5 Å². The van der Waals surface area contributed by atoms with Crippen molar-refractivity contribution in [3.8, 4) is 11.5 Å². The van der Waals surface area contributed by atoms with Gasteiger partial charge in [0.25, 0.3) is 0 Å². The Hall–Kier alpha value is -4.69. The van der Waals surface area contributed by atoms with Gasteiger partial charge in [0, 0.05) is 24.4 Å². The van der Waals surface area contributed by atoms with Crippen LogP contribution >= 0.6 is 0 Å². The molecule has 2 amide bonds. The fourth-order valence-corrected chi connectivity index (χ4v) is 7.34. The zero-order valence-electron chi connectivity index (χ0n) is 26.4. The number of carboxylic acid groups (broad SMARTS) is 1. The van der Waals surface area contributed by atoms with E-state index in [1.54, 1.807) is 12.1 Å². The van der Waals surface area contributed by atoms with Crippen molar-refractivity contribution in [2.75, 3.05) is 19.8 Å². The van der Waals surface area contributed by atoms with Gasteiger partial charge < -0.3 is 19.7 Å². The molecule has 4 atom stereocenters. The molecule has 0 unspecified atom stereocenters. The third-order valence-electron chi connectivity index (χ3n) is 9.61. The van der Waals surface area contributed by atoms with Gasteiger partial charge in [-0.15, -0.1) is 0 Å². The first-order valence-corrected chi connectivity index (χ1v) is 16.5. The summed E-state index contributed by atoms with van der Waals surface area (Å²) < 4.78 is 12.7. The van der Waals surface area contributed by atoms with E-state index in [1.807, 2.05) is 66.7 Å². The second kappa shape index (κ2) is 14.8. The zero-order valence-corrected chi connectivity index (χ0v) is 26.4. The lowest BCUT2D eigenvalue weighted by Crippen LogP contribution is -2.35. The van der Waals surface area contributed by atoms with Gasteiger partial charge in [0.05, 0.1) is 24.5 Å². The first kappa shape index (κ1) is 32.3. The second-order valence-corrected chi connectivity index (χ2v) is 12.6. The summed E-state index contributed by atoms with van der Waals surface area (Å²) in [6.07, 6.45) is 5.41. The molecule has 3 aromatic carbocycles. The van der Waals surface area contributed by atoms with E-state index >= 15 is 0 Å². The van der Waals surface area contributed by atoms with Gasteiger partial charge in [-0.1, -0.05) is 73.2 Å². The SMILES string of the molecule is O=C(O)CCCCCN1C(=O)[C@@H]2[C@@H](CC(COc3ccccc3)=C3[C@@H](CC/C(=C/c4ccccc4O)c4ccccc4)OC[C@@H]32)C1=O. The topological polar surface area (TPSA) is 113 Å². The van der Waals surface area contributed by atoms with Gasteiger partial charge in [0.2, 0.25) is 11.8 Å². The summed E-state index contributed by atoms with van der Waals surface area (Å²) >= 11 is 0. The smallest absolute Gasteiger partial charge is 0.303 e. The molecule has 8 nitrogen and oxygen atoms in total. The molecule has 2 fully saturated rings. The van der Waals surface area contributed by atoms with E-state index in [4.69, 9.17) is 14.6 Å². The number of phenols is 1. The minimum absolute atomic E-state index is 0.0830. The lowest BCUT2D eigenvalue weighted by Gasteiger charge is -2.32. The van der Waals surface area contributed by atoms with E-state index in [1.165, 1.54) is 4.90 Å². The highest BCUT2D eigenvalue weighted by molar-refractivity contribution is 6.06. The highest BCUT2D eigenvalue weighted by Gasteiger charge is 2.56. The monoisotopic (exact) mass is 635 g/mol. The summed E-state index contributed by atoms with van der Waals surface area (Å²) in [6.45, 7) is 0.990. The number of fused-ring (bicyclic) bond motifs is 3. The molecule has 0 bridgehead atoms. The normalized spacial score (nSPS) is 22.4. The third kappa shape index (κ3) is 7.33. The van der Waals surface area contributed by atoms with Gasteiger partial charge in [-0.3, -0.25) is 19.3 Å². The fraction of sp³-hybridized carbons (Fsp3) is 0.359. The molecule has 2 N–H and O–H groups in total. The van der Waals surface area contributed by atoms with Crippen molar-refractivity contribution in [1.29, 1.82) is 0 Å². The predicted octanol–water partition coefficient (Wildman–Crippen LogP) is 6.75. The molecule has 2 aliphatic heterocycles. The number of phenolic OH excluding ortho intramolecular Hbond substituents is 1. The van der Waals surface area contributed by atoms with Crippen molar-refractivity contribution in [3.63, 3.8) is 0 Å². The third-order valence-corrected chi connectivity index (χ3v) is 9.61. The molecule has 0 saturated carbocycles. The van der Waals surface area contributed by atoms with E-state index in [0.29, 0.717) is 58.3 Å². The summed E-state index contributed by atoms with van der Waals surface area (Å²) in [5.41, 5.74) is 4.98. The van der Waals surface area contributed by atoms with Crippen molar-refractivity contribution in [2.24, 2.45) is 17.8 Å². The minimum Gasteiger partial charge on any atom is -0.507 e. The standard InChI is InChI=1S/C39H41NO7/c41-33-17-10-9-14-28(33)22-27(26-12-4-1-5-13-26)19-20-34-36-29(24-46-30-15-6-2-7-16-30)23-31-37(32(36)25-47-34)39(45)40(38(31)44)21-11-3-8-18-35(42)43/h1-2,4-7,9-10,12-17,22,31-32,34,37,41H,3,8,11,18-21,23-25H2,(H,42,43)/b27-22-/t31-,32+,34-,37-/m1/s1. The number of aliphatic carboxylic acids is 1. The number of aromatic hydroxyl groups is 1. The highest BCUT2D eigenvalue weighted by Crippen LogP contribution is 2.50. The molecular formula is C39H41NO7. The van der Waals surface area contributed by atoms with Crippen molar-refractivity contribution in [3.05, 3.63) is 107 Å². The summed E-state index contributed by atoms with van der Waals surface area (Å²) in [7, 11) is 0. The lowest BCUT2D eigenvalue weighted by atomic mass is 9.69. The van der Waals surface area contributed by atoms with Crippen molar-refractivity contribution in [1.82, 2.24) is 4.90 Å². The van der Waals surface area contributed by atoms with E-state index in [-0.39, 0.29) is 36.0 Å². The van der Waals surface area contributed by atoms with Gasteiger partial charge in [-0.25, -0.2) is 0 Å². The maximum absolute atomic E-state index is 13.8. The van der Waals surface area contributed by atoms with Gasteiger partial charge in [0.1, 0.15) is 18.1 Å². The number of benzene rings is 3.